The van der Waals surface area contributed by atoms with E-state index in [0.29, 0.717) is 47.3 Å². The van der Waals surface area contributed by atoms with E-state index < -0.39 is 29.5 Å². The SMILES string of the molecule is CCOc1cc(C2C(=C(O)c3nc4c(C)cccn4c3C)C(=O)C(=O)N2c2nc(C)c(C(=O)OC)s2)ccc1OCc1ccccc1. The van der Waals surface area contributed by atoms with Crippen LogP contribution < -0.4 is 14.4 Å². The number of aliphatic hydroxyl groups is 1. The summed E-state index contributed by atoms with van der Waals surface area (Å²) in [4.78, 5) is 50.7. The molecule has 0 radical (unpaired) electrons. The number of benzene rings is 2. The second kappa shape index (κ2) is 12.7. The number of ether oxygens (including phenoxy) is 3. The Morgan fingerprint density at radius 2 is 1.74 bits per heavy atom. The zero-order valence-corrected chi connectivity index (χ0v) is 27.3. The number of hydrogen-bond donors (Lipinski definition) is 1. The van der Waals surface area contributed by atoms with Crippen molar-refractivity contribution in [2.24, 2.45) is 0 Å². The molecule has 1 N–H and O–H groups in total. The molecule has 1 amide bonds. The first-order valence-electron chi connectivity index (χ1n) is 14.9. The Hall–Kier alpha value is -5.49. The standard InChI is InChI=1S/C35H32N4O7S/c1-6-45-25-17-23(14-15-24(25)46-18-22-12-8-7-9-13-22)28-26(29(40)27-21(4)38-16-10-11-19(2)32(38)37-27)30(41)33(42)39(28)35-36-20(3)31(47-35)34(43)44-5/h7-17,28,40H,6,18H2,1-5H3. The molecule has 240 valence electrons. The maximum atomic E-state index is 13.9. The summed E-state index contributed by atoms with van der Waals surface area (Å²) in [5, 5.41) is 12.0. The van der Waals surface area contributed by atoms with Gasteiger partial charge in [-0.3, -0.25) is 14.5 Å². The fourth-order valence-electron chi connectivity index (χ4n) is 5.60. The van der Waals surface area contributed by atoms with Gasteiger partial charge in [0, 0.05) is 6.20 Å². The molecule has 0 saturated carbocycles. The number of thiazole rings is 1. The number of nitrogens with zero attached hydrogens (tertiary/aromatic N) is 4. The minimum atomic E-state index is -1.14. The first-order chi connectivity index (χ1) is 22.6. The van der Waals surface area contributed by atoms with Crippen LogP contribution in [0.25, 0.3) is 11.4 Å². The molecule has 1 saturated heterocycles. The van der Waals surface area contributed by atoms with Crippen LogP contribution in [0.4, 0.5) is 5.13 Å². The lowest BCUT2D eigenvalue weighted by Crippen LogP contribution is -2.29. The molecule has 1 fully saturated rings. The minimum Gasteiger partial charge on any atom is -0.505 e. The van der Waals surface area contributed by atoms with Crippen LogP contribution >= 0.6 is 11.3 Å². The van der Waals surface area contributed by atoms with Gasteiger partial charge >= 0.3 is 11.9 Å². The number of rotatable bonds is 9. The van der Waals surface area contributed by atoms with Crippen LogP contribution in [0.1, 0.15) is 56.4 Å². The zero-order valence-electron chi connectivity index (χ0n) is 26.4. The molecule has 47 heavy (non-hydrogen) atoms. The number of amides is 1. The van der Waals surface area contributed by atoms with E-state index in [-0.39, 0.29) is 21.3 Å². The molecule has 6 rings (SSSR count). The van der Waals surface area contributed by atoms with Crippen molar-refractivity contribution in [3.05, 3.63) is 111 Å². The highest BCUT2D eigenvalue weighted by Gasteiger charge is 2.49. The van der Waals surface area contributed by atoms with Crippen molar-refractivity contribution in [3.8, 4) is 11.5 Å². The van der Waals surface area contributed by atoms with Crippen LogP contribution in [-0.4, -0.2) is 50.9 Å². The monoisotopic (exact) mass is 652 g/mol. The number of anilines is 1. The number of carbonyl (C=O) groups excluding carboxylic acids is 3. The molecule has 1 unspecified atom stereocenters. The quantitative estimate of drug-likeness (QED) is 0.0867. The Kier molecular flexibility index (Phi) is 8.52. The second-order valence-electron chi connectivity index (χ2n) is 10.9. The molecule has 1 atom stereocenters. The van der Waals surface area contributed by atoms with Gasteiger partial charge in [-0.05, 0) is 62.6 Å². The number of ketones is 1. The molecule has 4 heterocycles. The first-order valence-corrected chi connectivity index (χ1v) is 15.7. The Bertz CT molecular complexity index is 2060. The average molecular weight is 653 g/mol. The predicted molar refractivity (Wildman–Crippen MR) is 176 cm³/mol. The van der Waals surface area contributed by atoms with Gasteiger partial charge in [0.2, 0.25) is 0 Å². The lowest BCUT2D eigenvalue weighted by Gasteiger charge is -2.24. The van der Waals surface area contributed by atoms with E-state index in [2.05, 4.69) is 9.97 Å². The van der Waals surface area contributed by atoms with Crippen LogP contribution in [0.15, 0.2) is 72.4 Å². The van der Waals surface area contributed by atoms with Crippen LogP contribution in [-0.2, 0) is 20.9 Å². The van der Waals surface area contributed by atoms with E-state index in [1.807, 2.05) is 66.9 Å². The highest BCUT2D eigenvalue weighted by Crippen LogP contribution is 2.46. The van der Waals surface area contributed by atoms with Crippen LogP contribution in [0.5, 0.6) is 11.5 Å². The fraction of sp³-hybridized carbons (Fsp3) is 0.229. The third-order valence-corrected chi connectivity index (χ3v) is 9.07. The van der Waals surface area contributed by atoms with E-state index in [1.165, 1.54) is 12.0 Å². The van der Waals surface area contributed by atoms with Crippen molar-refractivity contribution in [2.45, 2.75) is 40.3 Å². The number of aryl methyl sites for hydroxylation is 3. The topological polar surface area (TPSA) is 133 Å². The van der Waals surface area contributed by atoms with Gasteiger partial charge in [0.1, 0.15) is 22.8 Å². The van der Waals surface area contributed by atoms with Gasteiger partial charge in [-0.2, -0.15) is 0 Å². The predicted octanol–water partition coefficient (Wildman–Crippen LogP) is 6.11. The molecule has 0 spiro atoms. The average Bonchev–Trinajstić information content (AvgIpc) is 3.71. The Morgan fingerprint density at radius 3 is 2.45 bits per heavy atom. The number of Topliss-reactive ketones (excluding diaryl/α,β-unsaturated/α-hetero) is 1. The summed E-state index contributed by atoms with van der Waals surface area (Å²) in [6, 6.07) is 17.4. The molecule has 5 aromatic rings. The van der Waals surface area contributed by atoms with Crippen LogP contribution in [0.2, 0.25) is 0 Å². The summed E-state index contributed by atoms with van der Waals surface area (Å²) in [6.45, 7) is 7.73. The molecular weight excluding hydrogens is 620 g/mol. The number of aromatic nitrogens is 3. The Balaban J connectivity index is 1.53. The second-order valence-corrected chi connectivity index (χ2v) is 11.9. The molecule has 1 aliphatic rings. The molecule has 11 nitrogen and oxygen atoms in total. The van der Waals surface area contributed by atoms with Gasteiger partial charge in [-0.1, -0.05) is 53.8 Å². The summed E-state index contributed by atoms with van der Waals surface area (Å²) in [6.07, 6.45) is 1.81. The summed E-state index contributed by atoms with van der Waals surface area (Å²) in [5.74, 6) is -2.04. The highest BCUT2D eigenvalue weighted by molar-refractivity contribution is 7.17. The van der Waals surface area contributed by atoms with Crippen molar-refractivity contribution in [2.75, 3.05) is 18.6 Å². The molecule has 3 aromatic heterocycles. The van der Waals surface area contributed by atoms with Gasteiger partial charge in [-0.25, -0.2) is 14.8 Å². The highest BCUT2D eigenvalue weighted by atomic mass is 32.1. The molecule has 0 bridgehead atoms. The first kappa shape index (κ1) is 31.5. The van der Waals surface area contributed by atoms with Gasteiger partial charge in [-0.15, -0.1) is 0 Å². The number of imidazole rings is 1. The smallest absolute Gasteiger partial charge is 0.350 e. The molecule has 2 aromatic carbocycles. The van der Waals surface area contributed by atoms with Gasteiger partial charge < -0.3 is 23.7 Å². The number of esters is 1. The number of pyridine rings is 1. The number of fused-ring (bicyclic) bond motifs is 1. The van der Waals surface area contributed by atoms with Crippen LogP contribution in [0, 0.1) is 20.8 Å². The van der Waals surface area contributed by atoms with E-state index in [0.717, 1.165) is 22.5 Å². The molecular formula is C35H32N4O7S. The largest absolute Gasteiger partial charge is 0.505 e. The molecule has 12 heteroatoms. The van der Waals surface area contributed by atoms with Crippen molar-refractivity contribution in [3.63, 3.8) is 0 Å². The third-order valence-electron chi connectivity index (χ3n) is 7.94. The Morgan fingerprint density at radius 1 is 0.979 bits per heavy atom. The lowest BCUT2D eigenvalue weighted by atomic mass is 9.96. The number of carbonyl (C=O) groups is 3. The lowest BCUT2D eigenvalue weighted by molar-refractivity contribution is -0.132. The van der Waals surface area contributed by atoms with Gasteiger partial charge in [0.05, 0.1) is 36.7 Å². The summed E-state index contributed by atoms with van der Waals surface area (Å²) in [7, 11) is 1.25. The van der Waals surface area contributed by atoms with Crippen molar-refractivity contribution in [1.29, 1.82) is 0 Å². The van der Waals surface area contributed by atoms with Crippen molar-refractivity contribution in [1.82, 2.24) is 14.4 Å². The summed E-state index contributed by atoms with van der Waals surface area (Å²) >= 11 is 0.923. The van der Waals surface area contributed by atoms with Gasteiger partial charge in [0.15, 0.2) is 22.4 Å². The van der Waals surface area contributed by atoms with Crippen molar-refractivity contribution >= 4 is 45.5 Å². The van der Waals surface area contributed by atoms with E-state index in [1.54, 1.807) is 32.0 Å². The van der Waals surface area contributed by atoms with Gasteiger partial charge in [0.25, 0.3) is 5.78 Å². The fourth-order valence-corrected chi connectivity index (χ4v) is 6.62. The summed E-state index contributed by atoms with van der Waals surface area (Å²) in [5.41, 5.74) is 3.81. The Labute approximate surface area is 274 Å². The maximum Gasteiger partial charge on any atom is 0.350 e. The number of hydrogen-bond acceptors (Lipinski definition) is 10. The number of aliphatic hydroxyl groups excluding tert-OH is 1. The zero-order chi connectivity index (χ0) is 33.4. The van der Waals surface area contributed by atoms with Crippen LogP contribution in [0.3, 0.4) is 0 Å². The summed E-state index contributed by atoms with van der Waals surface area (Å²) < 4.78 is 18.8. The van der Waals surface area contributed by atoms with E-state index in [4.69, 9.17) is 14.2 Å². The van der Waals surface area contributed by atoms with E-state index in [9.17, 15) is 19.5 Å². The third kappa shape index (κ3) is 5.61. The minimum absolute atomic E-state index is 0.0963. The maximum absolute atomic E-state index is 13.9. The van der Waals surface area contributed by atoms with E-state index >= 15 is 0 Å². The normalized spacial score (nSPS) is 15.8. The molecule has 0 aliphatic carbocycles. The number of methoxy groups -OCH3 is 1. The molecule has 1 aliphatic heterocycles. The van der Waals surface area contributed by atoms with Crippen molar-refractivity contribution < 1.29 is 33.7 Å².